The average Bonchev–Trinajstić information content (AvgIpc) is 2.90. The summed E-state index contributed by atoms with van der Waals surface area (Å²) in [7, 11) is 6.71. The fraction of sp³-hybridized carbons (Fsp3) is 0.333. The Morgan fingerprint density at radius 1 is 1.15 bits per heavy atom. The molecule has 1 fully saturated rings. The molecule has 1 heterocycles. The van der Waals surface area contributed by atoms with Crippen LogP contribution in [0.25, 0.3) is 5.76 Å². The molecule has 212 valence electrons. The number of aromatic hydroxyl groups is 1. The number of hydrogen-bond donors (Lipinski definition) is 5. The topological polar surface area (TPSA) is 178 Å². The molecule has 5 rings (SSSR count). The molecule has 2 aromatic rings. The van der Waals surface area contributed by atoms with Gasteiger partial charge in [-0.3, -0.25) is 24.3 Å². The van der Waals surface area contributed by atoms with Crippen LogP contribution < -0.4 is 10.6 Å². The Balaban J connectivity index is 1.73. The fourth-order valence-corrected chi connectivity index (χ4v) is 6.36. The van der Waals surface area contributed by atoms with Crippen molar-refractivity contribution in [1.82, 2.24) is 9.88 Å². The molecule has 3 aliphatic carbocycles. The molecule has 0 aliphatic heterocycles. The number of hydrogen-bond acceptors (Lipinski definition) is 10. The molecule has 1 aromatic carbocycles. The molecule has 6 N–H and O–H groups in total. The smallest absolute Gasteiger partial charge is 0.255 e. The molecule has 41 heavy (non-hydrogen) atoms. The zero-order chi connectivity index (χ0) is 30.0. The average molecular weight is 559 g/mol. The van der Waals surface area contributed by atoms with Crippen LogP contribution in [0.2, 0.25) is 0 Å². The second kappa shape index (κ2) is 9.76. The van der Waals surface area contributed by atoms with E-state index >= 15 is 0 Å². The molecule has 0 saturated heterocycles. The van der Waals surface area contributed by atoms with E-state index in [-0.39, 0.29) is 35.3 Å². The number of phenols is 1. The molecule has 0 bridgehead atoms. The first-order chi connectivity index (χ1) is 19.3. The van der Waals surface area contributed by atoms with Crippen molar-refractivity contribution in [3.8, 4) is 17.6 Å². The van der Waals surface area contributed by atoms with Gasteiger partial charge in [0.05, 0.1) is 17.2 Å². The minimum atomic E-state index is -2.69. The first-order valence-corrected chi connectivity index (χ1v) is 12.9. The number of carbonyl (C=O) groups excluding carboxylic acids is 3. The van der Waals surface area contributed by atoms with Gasteiger partial charge in [-0.2, -0.15) is 0 Å². The normalized spacial score (nSPS) is 25.3. The molecule has 1 amide bonds. The summed E-state index contributed by atoms with van der Waals surface area (Å²) in [5.74, 6) is -1.14. The number of aliphatic hydroxyl groups is 3. The minimum absolute atomic E-state index is 0.0111. The number of benzene rings is 1. The third-order valence-electron chi connectivity index (χ3n) is 8.18. The Hall–Kier alpha value is -4.66. The lowest BCUT2D eigenvalue weighted by Crippen LogP contribution is -2.65. The van der Waals surface area contributed by atoms with E-state index in [1.807, 2.05) is 0 Å². The molecule has 0 unspecified atom stereocenters. The largest absolute Gasteiger partial charge is 0.508 e. The number of anilines is 1. The predicted octanol–water partition coefficient (Wildman–Crippen LogP) is 0.825. The molecular weight excluding hydrogens is 528 g/mol. The van der Waals surface area contributed by atoms with Crippen molar-refractivity contribution in [3.63, 3.8) is 0 Å². The molecule has 4 atom stereocenters. The number of aliphatic hydroxyl groups excluding tert-OH is 2. The van der Waals surface area contributed by atoms with Gasteiger partial charge in [-0.05, 0) is 56.6 Å². The van der Waals surface area contributed by atoms with E-state index in [9.17, 15) is 34.8 Å². The molecule has 11 heteroatoms. The number of nitrogens with zero attached hydrogens (tertiary/aromatic N) is 3. The molecule has 0 radical (unpaired) electrons. The number of nitrogens with two attached hydrogens (primary N) is 1. The van der Waals surface area contributed by atoms with Crippen molar-refractivity contribution >= 4 is 28.9 Å². The van der Waals surface area contributed by atoms with Gasteiger partial charge in [-0.15, -0.1) is 0 Å². The van der Waals surface area contributed by atoms with Gasteiger partial charge in [0.25, 0.3) is 5.91 Å². The molecule has 0 spiro atoms. The van der Waals surface area contributed by atoms with E-state index in [1.165, 1.54) is 4.90 Å². The monoisotopic (exact) mass is 558 g/mol. The van der Waals surface area contributed by atoms with Crippen LogP contribution in [0.15, 0.2) is 47.5 Å². The van der Waals surface area contributed by atoms with Gasteiger partial charge >= 0.3 is 0 Å². The number of aromatic nitrogens is 1. The summed E-state index contributed by atoms with van der Waals surface area (Å²) in [6.07, 6.45) is 3.37. The summed E-state index contributed by atoms with van der Waals surface area (Å²) in [6, 6.07) is 4.02. The van der Waals surface area contributed by atoms with Gasteiger partial charge in [-0.25, -0.2) is 0 Å². The second-order valence-corrected chi connectivity index (χ2v) is 11.0. The van der Waals surface area contributed by atoms with Crippen LogP contribution in [0.4, 0.5) is 5.69 Å². The third-order valence-corrected chi connectivity index (χ3v) is 8.18. The third kappa shape index (κ3) is 4.06. The van der Waals surface area contributed by atoms with Crippen LogP contribution >= 0.6 is 0 Å². The van der Waals surface area contributed by atoms with E-state index in [1.54, 1.807) is 63.7 Å². The second-order valence-electron chi connectivity index (χ2n) is 11.0. The first kappa shape index (κ1) is 27.9. The summed E-state index contributed by atoms with van der Waals surface area (Å²) in [4.78, 5) is 46.7. The molecular formula is C30H30N4O7. The van der Waals surface area contributed by atoms with Crippen LogP contribution in [0.5, 0.6) is 5.75 Å². The SMILES string of the molecule is CN(C)c1cc(C#Cc2cccnc2)c(O)c2c1C[C@H]1C[C@@H]3[C@H](N(C)C)C(=O)C(C(N)=O)=C(O)[C@@]3(O)C(=O)C1=C2O. The lowest BCUT2D eigenvalue weighted by Gasteiger charge is -2.50. The number of likely N-dealkylation sites (N-methyl/N-ethyl adjacent to an activating group) is 1. The zero-order valence-electron chi connectivity index (χ0n) is 23.0. The van der Waals surface area contributed by atoms with Crippen LogP contribution in [0.3, 0.4) is 0 Å². The van der Waals surface area contributed by atoms with Crippen molar-refractivity contribution in [2.45, 2.75) is 24.5 Å². The maximum atomic E-state index is 14.0. The van der Waals surface area contributed by atoms with Gasteiger partial charge in [-0.1, -0.05) is 11.8 Å². The maximum Gasteiger partial charge on any atom is 0.255 e. The lowest BCUT2D eigenvalue weighted by atomic mass is 9.57. The number of pyridine rings is 1. The van der Waals surface area contributed by atoms with Crippen LogP contribution in [-0.4, -0.2) is 87.6 Å². The number of fused-ring (bicyclic) bond motifs is 3. The number of phenolic OH excluding ortho intramolecular Hbond substituents is 1. The lowest BCUT2D eigenvalue weighted by molar-refractivity contribution is -0.153. The fourth-order valence-electron chi connectivity index (χ4n) is 6.36. The van der Waals surface area contributed by atoms with Crippen LogP contribution in [-0.2, 0) is 20.8 Å². The Bertz CT molecular complexity index is 1630. The first-order valence-electron chi connectivity index (χ1n) is 12.9. The highest BCUT2D eigenvalue weighted by atomic mass is 16.3. The van der Waals surface area contributed by atoms with Gasteiger partial charge in [0.2, 0.25) is 5.78 Å². The Morgan fingerprint density at radius 3 is 2.44 bits per heavy atom. The van der Waals surface area contributed by atoms with Gasteiger partial charge in [0.1, 0.15) is 22.8 Å². The Labute approximate surface area is 236 Å². The van der Waals surface area contributed by atoms with E-state index in [0.717, 1.165) is 0 Å². The highest BCUT2D eigenvalue weighted by molar-refractivity contribution is 6.24. The van der Waals surface area contributed by atoms with Crippen molar-refractivity contribution in [2.75, 3.05) is 33.1 Å². The zero-order valence-corrected chi connectivity index (χ0v) is 23.0. The van der Waals surface area contributed by atoms with Crippen LogP contribution in [0, 0.1) is 23.7 Å². The van der Waals surface area contributed by atoms with E-state index < -0.39 is 58.0 Å². The number of carbonyl (C=O) groups is 3. The number of ketones is 2. The summed E-state index contributed by atoms with van der Waals surface area (Å²) < 4.78 is 0. The number of Topliss-reactive ketones (excluding diaryl/α,β-unsaturated/α-hetero) is 2. The standard InChI is InChI=1S/C30H30N4O7/c1-33(2)19-12-15(8-7-14-6-5-9-32-13-14)24(35)21-17(19)10-16-11-18-23(34(3)4)26(37)22(29(31)40)28(39)30(18,41)27(38)20(16)25(21)36/h5-6,9,12-13,16,18,23,35-36,39,41H,10-11H2,1-4H3,(H2,31,40)/t16-,18+,23-,30-/m0/s1. The quantitative estimate of drug-likeness (QED) is 0.268. The van der Waals surface area contributed by atoms with E-state index in [2.05, 4.69) is 16.8 Å². The summed E-state index contributed by atoms with van der Waals surface area (Å²) in [5.41, 5.74) is 3.61. The highest BCUT2D eigenvalue weighted by Gasteiger charge is 2.64. The molecule has 1 saturated carbocycles. The van der Waals surface area contributed by atoms with E-state index in [0.29, 0.717) is 16.8 Å². The number of primary amides is 1. The predicted molar refractivity (Wildman–Crippen MR) is 149 cm³/mol. The molecule has 11 nitrogen and oxygen atoms in total. The van der Waals surface area contributed by atoms with Crippen molar-refractivity contribution < 1.29 is 34.8 Å². The molecule has 3 aliphatic rings. The highest BCUT2D eigenvalue weighted by Crippen LogP contribution is 2.54. The Kier molecular flexibility index (Phi) is 6.64. The summed E-state index contributed by atoms with van der Waals surface area (Å²) >= 11 is 0. The van der Waals surface area contributed by atoms with Crippen molar-refractivity contribution in [2.24, 2.45) is 17.6 Å². The minimum Gasteiger partial charge on any atom is -0.508 e. The van der Waals surface area contributed by atoms with Gasteiger partial charge in [0.15, 0.2) is 11.4 Å². The number of rotatable bonds is 3. The Morgan fingerprint density at radius 2 is 1.85 bits per heavy atom. The van der Waals surface area contributed by atoms with Gasteiger partial charge in [0, 0.05) is 49.2 Å². The summed E-state index contributed by atoms with van der Waals surface area (Å²) in [6.45, 7) is 0. The van der Waals surface area contributed by atoms with Gasteiger partial charge < -0.3 is 31.1 Å². The maximum absolute atomic E-state index is 14.0. The van der Waals surface area contributed by atoms with Crippen LogP contribution in [0.1, 0.15) is 28.7 Å². The number of amides is 1. The van der Waals surface area contributed by atoms with Crippen molar-refractivity contribution in [3.05, 3.63) is 69.8 Å². The van der Waals surface area contributed by atoms with E-state index in [4.69, 9.17) is 5.73 Å². The summed E-state index contributed by atoms with van der Waals surface area (Å²) in [5, 5.41) is 45.6. The van der Waals surface area contributed by atoms with Crippen molar-refractivity contribution in [1.29, 1.82) is 0 Å². The molecule has 1 aromatic heterocycles.